The van der Waals surface area contributed by atoms with Crippen molar-refractivity contribution < 1.29 is 9.53 Å². The van der Waals surface area contributed by atoms with Gasteiger partial charge in [-0.3, -0.25) is 0 Å². The normalized spacial score (nSPS) is 38.2. The quantitative estimate of drug-likeness (QED) is 0.552. The van der Waals surface area contributed by atoms with E-state index in [0.29, 0.717) is 12.5 Å². The van der Waals surface area contributed by atoms with Crippen LogP contribution in [0.1, 0.15) is 19.3 Å². The molecule has 12 heavy (non-hydrogen) atoms. The molecule has 1 heterocycles. The van der Waals surface area contributed by atoms with Gasteiger partial charge in [-0.25, -0.2) is 4.79 Å². The number of hydrogen-bond acceptors (Lipinski definition) is 4. The highest BCUT2D eigenvalue weighted by Crippen LogP contribution is 2.43. The monoisotopic (exact) mass is 168 g/mol. The second kappa shape index (κ2) is 2.54. The van der Waals surface area contributed by atoms with Crippen LogP contribution in [0.15, 0.2) is 10.2 Å². The standard InChI is InChI=1S/C8H12N2O2/c1-12-7(11)8-4-2-3-6(8)5-9-10-8/h6H,2-5H2,1H3/t6-,8-/m0/s1. The fourth-order valence-corrected chi connectivity index (χ4v) is 2.19. The van der Waals surface area contributed by atoms with Crippen molar-refractivity contribution in [3.05, 3.63) is 0 Å². The number of azo groups is 1. The van der Waals surface area contributed by atoms with Crippen molar-refractivity contribution in [2.24, 2.45) is 16.1 Å². The van der Waals surface area contributed by atoms with Gasteiger partial charge in [-0.15, -0.1) is 0 Å². The van der Waals surface area contributed by atoms with Crippen molar-refractivity contribution in [2.75, 3.05) is 13.7 Å². The van der Waals surface area contributed by atoms with Gasteiger partial charge in [-0.1, -0.05) is 0 Å². The van der Waals surface area contributed by atoms with Gasteiger partial charge in [0.2, 0.25) is 0 Å². The number of nitrogens with zero attached hydrogens (tertiary/aromatic N) is 2. The lowest BCUT2D eigenvalue weighted by Crippen LogP contribution is -2.39. The molecule has 0 spiro atoms. The van der Waals surface area contributed by atoms with Crippen LogP contribution in [0.3, 0.4) is 0 Å². The summed E-state index contributed by atoms with van der Waals surface area (Å²) in [5.74, 6) is 0.108. The second-order valence-corrected chi connectivity index (χ2v) is 3.43. The van der Waals surface area contributed by atoms with Crippen LogP contribution in [0.2, 0.25) is 0 Å². The summed E-state index contributed by atoms with van der Waals surface area (Å²) in [6, 6.07) is 0. The van der Waals surface area contributed by atoms with Crippen molar-refractivity contribution in [3.63, 3.8) is 0 Å². The van der Waals surface area contributed by atoms with Gasteiger partial charge in [0, 0.05) is 5.92 Å². The zero-order chi connectivity index (χ0) is 8.60. The van der Waals surface area contributed by atoms with E-state index < -0.39 is 5.54 Å². The van der Waals surface area contributed by atoms with E-state index in [1.165, 1.54) is 7.11 Å². The number of rotatable bonds is 1. The van der Waals surface area contributed by atoms with Gasteiger partial charge < -0.3 is 4.74 Å². The van der Waals surface area contributed by atoms with Crippen LogP contribution >= 0.6 is 0 Å². The van der Waals surface area contributed by atoms with Gasteiger partial charge in [-0.2, -0.15) is 10.2 Å². The Labute approximate surface area is 71.0 Å². The molecule has 0 aromatic rings. The van der Waals surface area contributed by atoms with E-state index in [1.54, 1.807) is 0 Å². The molecule has 0 amide bonds. The molecule has 0 N–H and O–H groups in total. The first-order valence-electron chi connectivity index (χ1n) is 4.27. The minimum atomic E-state index is -0.589. The van der Waals surface area contributed by atoms with Gasteiger partial charge in [0.15, 0.2) is 5.54 Å². The van der Waals surface area contributed by atoms with Gasteiger partial charge in [-0.05, 0) is 19.3 Å². The molecular weight excluding hydrogens is 156 g/mol. The summed E-state index contributed by atoms with van der Waals surface area (Å²) in [7, 11) is 1.42. The van der Waals surface area contributed by atoms with Crippen LogP contribution in [-0.4, -0.2) is 25.2 Å². The highest BCUT2D eigenvalue weighted by atomic mass is 16.5. The summed E-state index contributed by atoms with van der Waals surface area (Å²) in [6.07, 6.45) is 2.94. The molecule has 1 aliphatic heterocycles. The molecule has 0 aromatic heterocycles. The Bertz CT molecular complexity index is 239. The lowest BCUT2D eigenvalue weighted by atomic mass is 9.89. The van der Waals surface area contributed by atoms with Crippen LogP contribution < -0.4 is 0 Å². The molecule has 0 bridgehead atoms. The van der Waals surface area contributed by atoms with Crippen molar-refractivity contribution in [3.8, 4) is 0 Å². The third-order valence-electron chi connectivity index (χ3n) is 2.88. The molecule has 0 unspecified atom stereocenters. The predicted octanol–water partition coefficient (Wildman–Crippen LogP) is 1.16. The molecular formula is C8H12N2O2. The molecule has 4 nitrogen and oxygen atoms in total. The molecule has 0 aromatic carbocycles. The summed E-state index contributed by atoms with van der Waals surface area (Å²) >= 11 is 0. The maximum atomic E-state index is 11.4. The first kappa shape index (κ1) is 7.71. The maximum absolute atomic E-state index is 11.4. The minimum absolute atomic E-state index is 0.203. The van der Waals surface area contributed by atoms with Crippen LogP contribution in [-0.2, 0) is 9.53 Å². The average molecular weight is 168 g/mol. The molecule has 0 radical (unpaired) electrons. The topological polar surface area (TPSA) is 51.0 Å². The van der Waals surface area contributed by atoms with E-state index in [0.717, 1.165) is 19.3 Å². The van der Waals surface area contributed by atoms with Crippen molar-refractivity contribution in [2.45, 2.75) is 24.8 Å². The largest absolute Gasteiger partial charge is 0.467 e. The third-order valence-corrected chi connectivity index (χ3v) is 2.88. The number of carbonyl (C=O) groups excluding carboxylic acids is 1. The van der Waals surface area contributed by atoms with E-state index in [4.69, 9.17) is 4.74 Å². The smallest absolute Gasteiger partial charge is 0.336 e. The lowest BCUT2D eigenvalue weighted by Gasteiger charge is -2.20. The molecule has 2 rings (SSSR count). The van der Waals surface area contributed by atoms with Crippen LogP contribution in [0.5, 0.6) is 0 Å². The Kier molecular flexibility index (Phi) is 1.63. The summed E-state index contributed by atoms with van der Waals surface area (Å²) in [6.45, 7) is 0.703. The van der Waals surface area contributed by atoms with Crippen molar-refractivity contribution in [1.82, 2.24) is 0 Å². The Hall–Kier alpha value is -0.930. The maximum Gasteiger partial charge on any atom is 0.336 e. The Morgan fingerprint density at radius 1 is 1.67 bits per heavy atom. The Morgan fingerprint density at radius 3 is 3.25 bits per heavy atom. The Morgan fingerprint density at radius 2 is 2.50 bits per heavy atom. The molecule has 4 heteroatoms. The van der Waals surface area contributed by atoms with E-state index in [-0.39, 0.29) is 5.97 Å². The number of carbonyl (C=O) groups is 1. The fraction of sp³-hybridized carbons (Fsp3) is 0.875. The lowest BCUT2D eigenvalue weighted by molar-refractivity contribution is -0.147. The van der Waals surface area contributed by atoms with Crippen molar-refractivity contribution in [1.29, 1.82) is 0 Å². The number of esters is 1. The van der Waals surface area contributed by atoms with Gasteiger partial charge in [0.1, 0.15) is 0 Å². The molecule has 1 fully saturated rings. The fourth-order valence-electron chi connectivity index (χ4n) is 2.19. The second-order valence-electron chi connectivity index (χ2n) is 3.43. The SMILES string of the molecule is COC(=O)[C@]12CCC[C@H]1CN=N2. The zero-order valence-electron chi connectivity index (χ0n) is 7.12. The average Bonchev–Trinajstić information content (AvgIpc) is 2.60. The van der Waals surface area contributed by atoms with Gasteiger partial charge in [0.25, 0.3) is 0 Å². The van der Waals surface area contributed by atoms with E-state index in [2.05, 4.69) is 10.2 Å². The number of methoxy groups -OCH3 is 1. The number of fused-ring (bicyclic) bond motifs is 1. The Balaban J connectivity index is 2.27. The predicted molar refractivity (Wildman–Crippen MR) is 41.8 cm³/mol. The summed E-state index contributed by atoms with van der Waals surface area (Å²) in [4.78, 5) is 11.4. The molecule has 66 valence electrons. The highest BCUT2D eigenvalue weighted by molar-refractivity contribution is 5.82. The zero-order valence-corrected chi connectivity index (χ0v) is 7.12. The van der Waals surface area contributed by atoms with E-state index >= 15 is 0 Å². The molecule has 0 saturated heterocycles. The van der Waals surface area contributed by atoms with E-state index in [1.807, 2.05) is 0 Å². The van der Waals surface area contributed by atoms with E-state index in [9.17, 15) is 4.79 Å². The molecule has 2 atom stereocenters. The van der Waals surface area contributed by atoms with Crippen molar-refractivity contribution >= 4 is 5.97 Å². The third kappa shape index (κ3) is 0.806. The van der Waals surface area contributed by atoms with Crippen LogP contribution in [0.25, 0.3) is 0 Å². The van der Waals surface area contributed by atoms with Gasteiger partial charge >= 0.3 is 5.97 Å². The molecule has 2 aliphatic rings. The highest BCUT2D eigenvalue weighted by Gasteiger charge is 2.53. The first-order valence-corrected chi connectivity index (χ1v) is 4.27. The van der Waals surface area contributed by atoms with Gasteiger partial charge in [0.05, 0.1) is 13.7 Å². The number of hydrogen-bond donors (Lipinski definition) is 0. The minimum Gasteiger partial charge on any atom is -0.467 e. The summed E-state index contributed by atoms with van der Waals surface area (Å²) in [5.41, 5.74) is -0.589. The molecule has 1 aliphatic carbocycles. The van der Waals surface area contributed by atoms with Crippen LogP contribution in [0.4, 0.5) is 0 Å². The number of ether oxygens (including phenoxy) is 1. The summed E-state index contributed by atoms with van der Waals surface area (Å²) < 4.78 is 4.75. The first-order chi connectivity index (χ1) is 5.79. The summed E-state index contributed by atoms with van der Waals surface area (Å²) in [5, 5.41) is 7.98. The van der Waals surface area contributed by atoms with Crippen LogP contribution in [0, 0.1) is 5.92 Å². The molecule has 1 saturated carbocycles.